The monoisotopic (exact) mass is 381 g/mol. The van der Waals surface area contributed by atoms with Crippen molar-refractivity contribution in [1.82, 2.24) is 9.55 Å². The highest BCUT2D eigenvalue weighted by atomic mass is 32.2. The number of aromatic nitrogens is 2. The molecule has 1 aliphatic heterocycles. The van der Waals surface area contributed by atoms with Crippen LogP contribution in [0.1, 0.15) is 12.8 Å². The molecule has 2 heterocycles. The van der Waals surface area contributed by atoms with Gasteiger partial charge in [-0.2, -0.15) is 0 Å². The molecule has 0 N–H and O–H groups in total. The number of ether oxygens (including phenoxy) is 1. The van der Waals surface area contributed by atoms with E-state index in [1.165, 1.54) is 0 Å². The Balaban J connectivity index is 1.66. The molecule has 138 valence electrons. The summed E-state index contributed by atoms with van der Waals surface area (Å²) in [4.78, 5) is 20.0. The predicted octanol–water partition coefficient (Wildman–Crippen LogP) is 3.52. The van der Waals surface area contributed by atoms with Crippen LogP contribution in [-0.4, -0.2) is 26.8 Å². The molecule has 1 atom stereocenters. The van der Waals surface area contributed by atoms with E-state index in [4.69, 9.17) is 4.74 Å². The van der Waals surface area contributed by atoms with E-state index in [-0.39, 0.29) is 5.91 Å². The van der Waals surface area contributed by atoms with Gasteiger partial charge in [0, 0.05) is 25.4 Å². The van der Waals surface area contributed by atoms with Gasteiger partial charge in [0.05, 0.1) is 45.4 Å². The summed E-state index contributed by atoms with van der Waals surface area (Å²) in [6.07, 6.45) is 6.42. The molecule has 1 aliphatic rings. The molecule has 1 aromatic heterocycles. The number of amides is 1. The van der Waals surface area contributed by atoms with Crippen molar-refractivity contribution < 1.29 is 13.7 Å². The Labute approximate surface area is 159 Å². The van der Waals surface area contributed by atoms with Crippen molar-refractivity contribution in [3.8, 4) is 5.75 Å². The summed E-state index contributed by atoms with van der Waals surface area (Å²) >= 11 is 0. The fourth-order valence-electron chi connectivity index (χ4n) is 3.21. The Morgan fingerprint density at radius 3 is 2.74 bits per heavy atom. The lowest BCUT2D eigenvalue weighted by atomic mass is 10.1. The fraction of sp³-hybridized carbons (Fsp3) is 0.200. The number of carbonyl (C=O) groups is 1. The van der Waals surface area contributed by atoms with Crippen molar-refractivity contribution in [1.29, 1.82) is 0 Å². The maximum atomic E-state index is 13.1. The van der Waals surface area contributed by atoms with Gasteiger partial charge in [-0.1, -0.05) is 12.1 Å². The van der Waals surface area contributed by atoms with E-state index in [1.807, 2.05) is 29.0 Å². The first-order valence-electron chi connectivity index (χ1n) is 8.66. The second-order valence-corrected chi connectivity index (χ2v) is 7.62. The molecule has 2 aromatic carbocycles. The van der Waals surface area contributed by atoms with Gasteiger partial charge in [-0.15, -0.1) is 0 Å². The topological polar surface area (TPSA) is 64.4 Å². The van der Waals surface area contributed by atoms with E-state index in [0.717, 1.165) is 6.54 Å². The lowest BCUT2D eigenvalue weighted by molar-refractivity contribution is -0.118. The number of methoxy groups -OCH3 is 1. The number of rotatable bonds is 5. The Morgan fingerprint density at radius 1 is 1.15 bits per heavy atom. The quantitative estimate of drug-likeness (QED) is 0.678. The van der Waals surface area contributed by atoms with Crippen LogP contribution in [0.3, 0.4) is 0 Å². The molecule has 4 rings (SSSR count). The molecular weight excluding hydrogens is 362 g/mol. The van der Waals surface area contributed by atoms with Crippen molar-refractivity contribution in [2.75, 3.05) is 12.0 Å². The smallest absolute Gasteiger partial charge is 0.231 e. The molecule has 1 amide bonds. The predicted molar refractivity (Wildman–Crippen MR) is 103 cm³/mol. The highest BCUT2D eigenvalue weighted by Crippen LogP contribution is 2.43. The van der Waals surface area contributed by atoms with E-state index in [9.17, 15) is 9.00 Å². The zero-order valence-corrected chi connectivity index (χ0v) is 15.7. The highest BCUT2D eigenvalue weighted by molar-refractivity contribution is 7.85. The number of benzene rings is 2. The van der Waals surface area contributed by atoms with Crippen LogP contribution in [0.2, 0.25) is 0 Å². The SMILES string of the molecule is COc1ccc2c(c1)S(=O)c1ccccc1N2C(=O)CCCn1ccnc1. The molecule has 0 radical (unpaired) electrons. The summed E-state index contributed by atoms with van der Waals surface area (Å²) in [5.41, 5.74) is 1.33. The molecular formula is C20H19N3O3S. The largest absolute Gasteiger partial charge is 0.497 e. The van der Waals surface area contributed by atoms with Crippen molar-refractivity contribution in [3.05, 3.63) is 61.2 Å². The van der Waals surface area contributed by atoms with Gasteiger partial charge in [0.15, 0.2) is 0 Å². The Hall–Kier alpha value is -2.93. The maximum Gasteiger partial charge on any atom is 0.231 e. The van der Waals surface area contributed by atoms with Gasteiger partial charge in [-0.25, -0.2) is 9.19 Å². The summed E-state index contributed by atoms with van der Waals surface area (Å²) in [5.74, 6) is 0.597. The minimum atomic E-state index is -1.36. The fourth-order valence-corrected chi connectivity index (χ4v) is 4.57. The van der Waals surface area contributed by atoms with Crippen molar-refractivity contribution in [2.45, 2.75) is 29.2 Å². The van der Waals surface area contributed by atoms with Crippen LogP contribution in [0.4, 0.5) is 11.4 Å². The summed E-state index contributed by atoms with van der Waals surface area (Å²) in [7, 11) is 0.214. The third-order valence-electron chi connectivity index (χ3n) is 4.53. The molecule has 1 unspecified atom stereocenters. The van der Waals surface area contributed by atoms with Gasteiger partial charge in [0.2, 0.25) is 5.91 Å². The highest BCUT2D eigenvalue weighted by Gasteiger charge is 2.31. The average molecular weight is 381 g/mol. The van der Waals surface area contributed by atoms with Gasteiger partial charge in [0.1, 0.15) is 5.75 Å². The molecule has 6 nitrogen and oxygen atoms in total. The minimum absolute atomic E-state index is 0.0225. The van der Waals surface area contributed by atoms with Gasteiger partial charge >= 0.3 is 0 Å². The van der Waals surface area contributed by atoms with E-state index in [2.05, 4.69) is 4.98 Å². The van der Waals surface area contributed by atoms with E-state index < -0.39 is 10.8 Å². The summed E-state index contributed by atoms with van der Waals surface area (Å²) in [5, 5.41) is 0. The molecule has 0 bridgehead atoms. The zero-order valence-electron chi connectivity index (χ0n) is 14.9. The molecule has 0 fully saturated rings. The first-order chi connectivity index (χ1) is 13.2. The summed E-state index contributed by atoms with van der Waals surface area (Å²) in [6.45, 7) is 0.725. The molecule has 0 saturated heterocycles. The number of carbonyl (C=O) groups excluding carboxylic acids is 1. The number of anilines is 2. The summed E-state index contributed by atoms with van der Waals surface area (Å²) in [6, 6.07) is 12.7. The number of hydrogen-bond acceptors (Lipinski definition) is 4. The lowest BCUT2D eigenvalue weighted by Crippen LogP contribution is -2.30. The molecule has 0 spiro atoms. The standard InChI is InChI=1S/C20H19N3O3S/c1-26-15-8-9-17-19(13-15)27(25)18-6-3-2-5-16(18)23(17)20(24)7-4-11-22-12-10-21-14-22/h2-3,5-6,8-10,12-14H,4,7,11H2,1H3. The van der Waals surface area contributed by atoms with Crippen LogP contribution in [0.5, 0.6) is 5.75 Å². The lowest BCUT2D eigenvalue weighted by Gasteiger charge is -2.31. The number of para-hydroxylation sites is 1. The van der Waals surface area contributed by atoms with Gasteiger partial charge < -0.3 is 9.30 Å². The van der Waals surface area contributed by atoms with Crippen molar-refractivity contribution >= 4 is 28.1 Å². The van der Waals surface area contributed by atoms with Gasteiger partial charge in [-0.05, 0) is 36.8 Å². The Morgan fingerprint density at radius 2 is 1.96 bits per heavy atom. The van der Waals surface area contributed by atoms with Crippen LogP contribution >= 0.6 is 0 Å². The summed E-state index contributed by atoms with van der Waals surface area (Å²) < 4.78 is 20.2. The first-order valence-corrected chi connectivity index (χ1v) is 9.81. The van der Waals surface area contributed by atoms with Gasteiger partial charge in [-0.3, -0.25) is 9.69 Å². The molecule has 7 heteroatoms. The number of aryl methyl sites for hydroxylation is 1. The van der Waals surface area contributed by atoms with E-state index >= 15 is 0 Å². The van der Waals surface area contributed by atoms with Crippen molar-refractivity contribution in [2.24, 2.45) is 0 Å². The molecule has 0 aliphatic carbocycles. The number of nitrogens with zero attached hydrogens (tertiary/aromatic N) is 3. The van der Waals surface area contributed by atoms with Crippen LogP contribution in [-0.2, 0) is 22.1 Å². The number of imidazole rings is 1. The second-order valence-electron chi connectivity index (χ2n) is 6.20. The van der Waals surface area contributed by atoms with Crippen LogP contribution in [0, 0.1) is 0 Å². The Bertz CT molecular complexity index is 1000. The number of fused-ring (bicyclic) bond motifs is 2. The molecule has 0 saturated carbocycles. The van der Waals surface area contributed by atoms with E-state index in [0.29, 0.717) is 39.8 Å². The normalized spacial score (nSPS) is 15.1. The average Bonchev–Trinajstić information content (AvgIpc) is 3.21. The van der Waals surface area contributed by atoms with E-state index in [1.54, 1.807) is 48.8 Å². The zero-order chi connectivity index (χ0) is 18.8. The van der Waals surface area contributed by atoms with Crippen LogP contribution < -0.4 is 9.64 Å². The first kappa shape index (κ1) is 17.5. The minimum Gasteiger partial charge on any atom is -0.497 e. The van der Waals surface area contributed by atoms with Crippen LogP contribution in [0.25, 0.3) is 0 Å². The van der Waals surface area contributed by atoms with Gasteiger partial charge in [0.25, 0.3) is 0 Å². The Kier molecular flexibility index (Phi) is 4.77. The van der Waals surface area contributed by atoms with Crippen LogP contribution in [0.15, 0.2) is 71.0 Å². The number of hydrogen-bond donors (Lipinski definition) is 0. The third-order valence-corrected chi connectivity index (χ3v) is 6.00. The second kappa shape index (κ2) is 7.36. The molecule has 3 aromatic rings. The molecule has 27 heavy (non-hydrogen) atoms. The maximum absolute atomic E-state index is 13.1. The third kappa shape index (κ3) is 3.26. The van der Waals surface area contributed by atoms with Crippen molar-refractivity contribution in [3.63, 3.8) is 0 Å².